The molecule has 0 aliphatic heterocycles. The molecule has 10 nitrogen and oxygen atoms in total. The lowest BCUT2D eigenvalue weighted by Gasteiger charge is -2.18. The van der Waals surface area contributed by atoms with E-state index in [1.165, 1.54) is 13.2 Å². The van der Waals surface area contributed by atoms with Crippen molar-refractivity contribution in [2.75, 3.05) is 13.7 Å². The smallest absolute Gasteiger partial charge is 0.407 e. The van der Waals surface area contributed by atoms with Crippen LogP contribution in [0.1, 0.15) is 23.8 Å². The summed E-state index contributed by atoms with van der Waals surface area (Å²) in [4.78, 5) is 25.9. The van der Waals surface area contributed by atoms with Gasteiger partial charge in [0.05, 0.1) is 18.1 Å². The molecule has 1 amide bonds. The molecule has 0 radical (unpaired) electrons. The maximum absolute atomic E-state index is 11.7. The van der Waals surface area contributed by atoms with Crippen LogP contribution in [0.2, 0.25) is 0 Å². The summed E-state index contributed by atoms with van der Waals surface area (Å²) in [7, 11) is 1.33. The van der Waals surface area contributed by atoms with Crippen LogP contribution in [0.25, 0.3) is 0 Å². The zero-order valence-corrected chi connectivity index (χ0v) is 15.1. The van der Waals surface area contributed by atoms with E-state index < -0.39 is 28.9 Å². The number of hydrogen-bond acceptors (Lipinski definition) is 8. The van der Waals surface area contributed by atoms with E-state index >= 15 is 0 Å². The van der Waals surface area contributed by atoms with Gasteiger partial charge in [-0.2, -0.15) is 0 Å². The van der Waals surface area contributed by atoms with Crippen molar-refractivity contribution in [1.82, 2.24) is 10.3 Å². The molecular weight excluding hydrogens is 370 g/mol. The van der Waals surface area contributed by atoms with Crippen molar-refractivity contribution in [2.45, 2.75) is 25.2 Å². The number of nitro groups is 1. The van der Waals surface area contributed by atoms with Crippen molar-refractivity contribution in [3.8, 4) is 5.88 Å². The minimum atomic E-state index is -1.63. The predicted molar refractivity (Wildman–Crippen MR) is 97.7 cm³/mol. The van der Waals surface area contributed by atoms with Crippen LogP contribution >= 0.6 is 0 Å². The summed E-state index contributed by atoms with van der Waals surface area (Å²) < 4.78 is 9.92. The Morgan fingerprint density at radius 3 is 2.61 bits per heavy atom. The van der Waals surface area contributed by atoms with E-state index in [1.54, 1.807) is 12.1 Å². The molecule has 1 aromatic carbocycles. The van der Waals surface area contributed by atoms with Gasteiger partial charge in [-0.25, -0.2) is 9.78 Å². The van der Waals surface area contributed by atoms with E-state index in [0.717, 1.165) is 11.6 Å². The summed E-state index contributed by atoms with van der Waals surface area (Å²) in [5.41, 5.74) is 0.0654. The molecular formula is C18H21N3O7. The van der Waals surface area contributed by atoms with Crippen LogP contribution in [0.15, 0.2) is 42.5 Å². The van der Waals surface area contributed by atoms with Crippen LogP contribution in [-0.2, 0) is 11.3 Å². The number of carbonyl (C=O) groups is 1. The highest BCUT2D eigenvalue weighted by Crippen LogP contribution is 2.28. The summed E-state index contributed by atoms with van der Waals surface area (Å²) in [6.45, 7) is 0.0847. The fourth-order valence-corrected chi connectivity index (χ4v) is 2.37. The maximum atomic E-state index is 11.7. The number of nitrogens with zero attached hydrogens (tertiary/aromatic N) is 2. The van der Waals surface area contributed by atoms with Crippen molar-refractivity contribution >= 4 is 11.8 Å². The summed E-state index contributed by atoms with van der Waals surface area (Å²) in [5, 5.41) is 33.9. The lowest BCUT2D eigenvalue weighted by Crippen LogP contribution is -2.30. The molecule has 2 aromatic rings. The number of aliphatic hydroxyl groups is 2. The summed E-state index contributed by atoms with van der Waals surface area (Å²) in [6.07, 6.45) is -3.78. The number of aromatic nitrogens is 1. The maximum Gasteiger partial charge on any atom is 0.407 e. The molecule has 0 saturated heterocycles. The molecule has 2 atom stereocenters. The van der Waals surface area contributed by atoms with Crippen LogP contribution < -0.4 is 10.1 Å². The largest absolute Gasteiger partial charge is 0.481 e. The van der Waals surface area contributed by atoms with E-state index in [1.807, 2.05) is 18.2 Å². The Hall–Kier alpha value is -3.24. The minimum Gasteiger partial charge on any atom is -0.481 e. The number of aliphatic hydroxyl groups excluding tert-OH is 2. The first kappa shape index (κ1) is 21.1. The molecule has 10 heteroatoms. The summed E-state index contributed by atoms with van der Waals surface area (Å²) >= 11 is 0. The molecule has 0 fully saturated rings. The van der Waals surface area contributed by atoms with Gasteiger partial charge in [0.25, 0.3) is 5.69 Å². The van der Waals surface area contributed by atoms with Crippen molar-refractivity contribution in [3.05, 3.63) is 63.8 Å². The van der Waals surface area contributed by atoms with E-state index in [0.29, 0.717) is 0 Å². The first-order valence-electron chi connectivity index (χ1n) is 8.42. The molecule has 3 N–H and O–H groups in total. The lowest BCUT2D eigenvalue weighted by atomic mass is 10.1. The van der Waals surface area contributed by atoms with Gasteiger partial charge in [0.2, 0.25) is 5.88 Å². The number of methoxy groups -OCH3 is 1. The number of benzene rings is 1. The Morgan fingerprint density at radius 1 is 1.25 bits per heavy atom. The highest BCUT2D eigenvalue weighted by molar-refractivity contribution is 5.67. The van der Waals surface area contributed by atoms with Crippen LogP contribution in [0, 0.1) is 10.1 Å². The van der Waals surface area contributed by atoms with Gasteiger partial charge < -0.3 is 25.0 Å². The third-order valence-corrected chi connectivity index (χ3v) is 3.85. The van der Waals surface area contributed by atoms with E-state index in [2.05, 4.69) is 10.3 Å². The lowest BCUT2D eigenvalue weighted by molar-refractivity contribution is -0.386. The molecule has 0 aliphatic carbocycles. The number of hydrogen-bond donors (Lipinski definition) is 3. The number of ether oxygens (including phenoxy) is 2. The molecule has 28 heavy (non-hydrogen) atoms. The second kappa shape index (κ2) is 10.2. The average Bonchev–Trinajstić information content (AvgIpc) is 2.71. The van der Waals surface area contributed by atoms with Gasteiger partial charge >= 0.3 is 6.09 Å². The van der Waals surface area contributed by atoms with Crippen molar-refractivity contribution in [3.63, 3.8) is 0 Å². The predicted octanol–water partition coefficient (Wildman–Crippen LogP) is 1.71. The average molecular weight is 391 g/mol. The van der Waals surface area contributed by atoms with E-state index in [4.69, 9.17) is 9.47 Å². The zero-order valence-electron chi connectivity index (χ0n) is 15.1. The molecule has 0 spiro atoms. The number of nitrogens with one attached hydrogen (secondary N) is 1. The Bertz CT molecular complexity index is 801. The third kappa shape index (κ3) is 5.89. The zero-order chi connectivity index (χ0) is 20.5. The number of carbonyl (C=O) groups excluding carboxylic acids is 1. The molecule has 150 valence electrons. The van der Waals surface area contributed by atoms with Crippen molar-refractivity contribution < 1.29 is 29.4 Å². The van der Waals surface area contributed by atoms with Gasteiger partial charge in [0.1, 0.15) is 12.7 Å². The van der Waals surface area contributed by atoms with Crippen LogP contribution in [0.5, 0.6) is 5.88 Å². The molecule has 2 rings (SSSR count). The van der Waals surface area contributed by atoms with Crippen molar-refractivity contribution in [1.29, 1.82) is 0 Å². The quantitative estimate of drug-likeness (QED) is 0.433. The Morgan fingerprint density at radius 2 is 1.96 bits per heavy atom. The first-order chi connectivity index (χ1) is 13.4. The first-order valence-corrected chi connectivity index (χ1v) is 8.42. The van der Waals surface area contributed by atoms with Crippen LogP contribution in [-0.4, -0.2) is 46.0 Å². The van der Waals surface area contributed by atoms with Gasteiger partial charge in [-0.15, -0.1) is 0 Å². The van der Waals surface area contributed by atoms with Crippen LogP contribution in [0.3, 0.4) is 0 Å². The van der Waals surface area contributed by atoms with Gasteiger partial charge in [-0.3, -0.25) is 10.1 Å². The highest BCUT2D eigenvalue weighted by atomic mass is 16.6. The summed E-state index contributed by atoms with van der Waals surface area (Å²) in [5.74, 6) is 0.0643. The number of amides is 1. The summed E-state index contributed by atoms with van der Waals surface area (Å²) in [6, 6.07) is 11.5. The van der Waals surface area contributed by atoms with E-state index in [-0.39, 0.29) is 31.1 Å². The fourth-order valence-electron chi connectivity index (χ4n) is 2.37. The van der Waals surface area contributed by atoms with Gasteiger partial charge in [-0.1, -0.05) is 30.3 Å². The normalized spacial score (nSPS) is 12.7. The third-order valence-electron chi connectivity index (χ3n) is 3.85. The van der Waals surface area contributed by atoms with Gasteiger partial charge in [0.15, 0.2) is 5.69 Å². The highest BCUT2D eigenvalue weighted by Gasteiger charge is 2.28. The molecule has 0 saturated carbocycles. The SMILES string of the molecule is COc1ccc([N+](=O)[O-])c(C(O)C(O)CCNC(=O)OCc2ccccc2)n1. The van der Waals surface area contributed by atoms with Gasteiger partial charge in [0, 0.05) is 18.7 Å². The van der Waals surface area contributed by atoms with Crippen LogP contribution in [0.4, 0.5) is 10.5 Å². The molecule has 1 heterocycles. The number of rotatable bonds is 9. The second-order valence-electron chi connectivity index (χ2n) is 5.80. The minimum absolute atomic E-state index is 0.0103. The monoisotopic (exact) mass is 391 g/mol. The van der Waals surface area contributed by atoms with Gasteiger partial charge in [-0.05, 0) is 12.0 Å². The Kier molecular flexibility index (Phi) is 7.66. The molecule has 1 aromatic heterocycles. The van der Waals surface area contributed by atoms with Crippen molar-refractivity contribution in [2.24, 2.45) is 0 Å². The number of pyridine rings is 1. The second-order valence-corrected chi connectivity index (χ2v) is 5.80. The topological polar surface area (TPSA) is 144 Å². The standard InChI is InChI=1S/C18H21N3O7/c1-27-15-8-7-13(21(25)26)16(20-15)17(23)14(22)9-10-19-18(24)28-11-12-5-3-2-4-6-12/h2-8,14,17,22-23H,9-11H2,1H3,(H,19,24). The Balaban J connectivity index is 1.86. The number of alkyl carbamates (subject to hydrolysis) is 1. The Labute approximate surface area is 160 Å². The molecule has 0 bridgehead atoms. The fraction of sp³-hybridized carbons (Fsp3) is 0.333. The molecule has 2 unspecified atom stereocenters. The van der Waals surface area contributed by atoms with E-state index in [9.17, 15) is 25.1 Å². The molecule has 0 aliphatic rings.